The highest BCUT2D eigenvalue weighted by Crippen LogP contribution is 2.18. The molecule has 1 unspecified atom stereocenters. The molecule has 1 aliphatic rings. The molecule has 122 valence electrons. The number of rotatable bonds is 5. The van der Waals surface area contributed by atoms with Crippen molar-refractivity contribution in [3.8, 4) is 11.4 Å². The minimum Gasteiger partial charge on any atom is -0.381 e. The van der Waals surface area contributed by atoms with Crippen molar-refractivity contribution in [3.05, 3.63) is 29.8 Å². The lowest BCUT2D eigenvalue weighted by Crippen LogP contribution is -2.46. The van der Waals surface area contributed by atoms with Crippen LogP contribution < -0.4 is 11.1 Å². The fourth-order valence-electron chi connectivity index (χ4n) is 2.65. The van der Waals surface area contributed by atoms with Crippen molar-refractivity contribution in [1.29, 1.82) is 0 Å². The van der Waals surface area contributed by atoms with E-state index < -0.39 is 6.04 Å². The first-order chi connectivity index (χ1) is 11.2. The Labute approximate surface area is 133 Å². The maximum Gasteiger partial charge on any atom is 0.237 e. The number of hydrogen-bond donors (Lipinski definition) is 3. The van der Waals surface area contributed by atoms with E-state index >= 15 is 0 Å². The van der Waals surface area contributed by atoms with Crippen molar-refractivity contribution in [2.24, 2.45) is 11.7 Å². The summed E-state index contributed by atoms with van der Waals surface area (Å²) in [5.41, 5.74) is 7.91. The van der Waals surface area contributed by atoms with Crippen LogP contribution in [0.4, 0.5) is 0 Å². The average molecular weight is 316 g/mol. The number of tetrazole rings is 1. The van der Waals surface area contributed by atoms with Gasteiger partial charge in [-0.25, -0.2) is 0 Å². The van der Waals surface area contributed by atoms with E-state index in [1.54, 1.807) is 0 Å². The number of hydrogen-bond acceptors (Lipinski definition) is 6. The number of nitrogens with one attached hydrogen (secondary N) is 2. The second-order valence-corrected chi connectivity index (χ2v) is 5.63. The number of benzene rings is 1. The van der Waals surface area contributed by atoms with Crippen molar-refractivity contribution in [3.63, 3.8) is 0 Å². The molecule has 1 atom stereocenters. The fraction of sp³-hybridized carbons (Fsp3) is 0.467. The number of carbonyl (C=O) groups excluding carboxylic acids is 1. The summed E-state index contributed by atoms with van der Waals surface area (Å²) < 4.78 is 5.30. The lowest BCUT2D eigenvalue weighted by Gasteiger charge is -2.26. The number of nitrogens with zero attached hydrogens (tertiary/aromatic N) is 3. The van der Waals surface area contributed by atoms with Crippen LogP contribution in [-0.2, 0) is 16.1 Å². The van der Waals surface area contributed by atoms with Gasteiger partial charge in [0.1, 0.15) is 0 Å². The summed E-state index contributed by atoms with van der Waals surface area (Å²) in [5.74, 6) is 0.630. The molecule has 1 aliphatic heterocycles. The second kappa shape index (κ2) is 7.30. The average Bonchev–Trinajstić information content (AvgIpc) is 3.15. The van der Waals surface area contributed by atoms with Gasteiger partial charge in [0.25, 0.3) is 0 Å². The van der Waals surface area contributed by atoms with Gasteiger partial charge in [-0.3, -0.25) is 4.79 Å². The number of aromatic nitrogens is 4. The Kier molecular flexibility index (Phi) is 4.94. The summed E-state index contributed by atoms with van der Waals surface area (Å²) in [7, 11) is 0. The van der Waals surface area contributed by atoms with Crippen LogP contribution in [0.3, 0.4) is 0 Å². The molecule has 0 radical (unpaired) electrons. The van der Waals surface area contributed by atoms with Gasteiger partial charge in [-0.2, -0.15) is 5.21 Å². The minimum absolute atomic E-state index is 0.112. The largest absolute Gasteiger partial charge is 0.381 e. The van der Waals surface area contributed by atoms with Crippen molar-refractivity contribution in [2.75, 3.05) is 13.2 Å². The van der Waals surface area contributed by atoms with E-state index in [1.807, 2.05) is 24.3 Å². The predicted molar refractivity (Wildman–Crippen MR) is 83.0 cm³/mol. The Bertz CT molecular complexity index is 622. The first-order valence-electron chi connectivity index (χ1n) is 7.68. The molecule has 1 aromatic carbocycles. The summed E-state index contributed by atoms with van der Waals surface area (Å²) >= 11 is 0. The molecule has 2 aromatic rings. The number of aromatic amines is 1. The summed E-state index contributed by atoms with van der Waals surface area (Å²) in [6.45, 7) is 1.81. The Morgan fingerprint density at radius 1 is 1.35 bits per heavy atom. The molecule has 23 heavy (non-hydrogen) atoms. The number of H-pyrrole nitrogens is 1. The van der Waals surface area contributed by atoms with Gasteiger partial charge in [-0.1, -0.05) is 24.3 Å². The summed E-state index contributed by atoms with van der Waals surface area (Å²) in [6, 6.07) is 7.16. The normalized spacial score (nSPS) is 16.9. The maximum absolute atomic E-state index is 12.2. The standard InChI is InChI=1S/C15H20N6O2/c16-13(11-5-7-23-8-6-11)15(22)17-9-10-1-3-12(4-2-10)14-18-20-21-19-14/h1-4,11,13H,5-9,16H2,(H,17,22)(H,18,19,20,21). The topological polar surface area (TPSA) is 119 Å². The van der Waals surface area contributed by atoms with E-state index in [4.69, 9.17) is 10.5 Å². The zero-order valence-corrected chi connectivity index (χ0v) is 12.7. The van der Waals surface area contributed by atoms with Gasteiger partial charge in [-0.05, 0) is 29.5 Å². The van der Waals surface area contributed by atoms with Crippen LogP contribution in [0.2, 0.25) is 0 Å². The molecule has 2 heterocycles. The third-order valence-electron chi connectivity index (χ3n) is 4.10. The number of nitrogens with two attached hydrogens (primary N) is 1. The fourth-order valence-corrected chi connectivity index (χ4v) is 2.65. The van der Waals surface area contributed by atoms with Crippen LogP contribution >= 0.6 is 0 Å². The van der Waals surface area contributed by atoms with Crippen LogP contribution in [0, 0.1) is 5.92 Å². The molecule has 0 bridgehead atoms. The molecule has 8 heteroatoms. The monoisotopic (exact) mass is 316 g/mol. The molecule has 3 rings (SSSR count). The highest BCUT2D eigenvalue weighted by atomic mass is 16.5. The molecular formula is C15H20N6O2. The van der Waals surface area contributed by atoms with Gasteiger partial charge < -0.3 is 15.8 Å². The van der Waals surface area contributed by atoms with E-state index in [0.29, 0.717) is 25.6 Å². The van der Waals surface area contributed by atoms with E-state index in [0.717, 1.165) is 24.0 Å². The minimum atomic E-state index is -0.475. The highest BCUT2D eigenvalue weighted by molar-refractivity contribution is 5.81. The van der Waals surface area contributed by atoms with Crippen molar-refractivity contribution in [1.82, 2.24) is 25.9 Å². The van der Waals surface area contributed by atoms with Crippen molar-refractivity contribution < 1.29 is 9.53 Å². The Balaban J connectivity index is 1.52. The van der Waals surface area contributed by atoms with Gasteiger partial charge in [0.2, 0.25) is 11.7 Å². The van der Waals surface area contributed by atoms with Crippen LogP contribution in [0.25, 0.3) is 11.4 Å². The SMILES string of the molecule is NC(C(=O)NCc1ccc(-c2nn[nH]n2)cc1)C1CCOCC1. The third-order valence-corrected chi connectivity index (χ3v) is 4.10. The van der Waals surface area contributed by atoms with Gasteiger partial charge in [0.15, 0.2) is 0 Å². The first-order valence-corrected chi connectivity index (χ1v) is 7.68. The number of amides is 1. The predicted octanol–water partition coefficient (Wildman–Crippen LogP) is 0.237. The van der Waals surface area contributed by atoms with Gasteiger partial charge >= 0.3 is 0 Å². The molecule has 4 N–H and O–H groups in total. The summed E-state index contributed by atoms with van der Waals surface area (Å²) in [6.07, 6.45) is 1.68. The summed E-state index contributed by atoms with van der Waals surface area (Å²) in [5, 5.41) is 16.7. The highest BCUT2D eigenvalue weighted by Gasteiger charge is 2.26. The molecule has 0 aliphatic carbocycles. The van der Waals surface area contributed by atoms with E-state index in [-0.39, 0.29) is 11.8 Å². The van der Waals surface area contributed by atoms with Crippen molar-refractivity contribution in [2.45, 2.75) is 25.4 Å². The summed E-state index contributed by atoms with van der Waals surface area (Å²) in [4.78, 5) is 12.2. The Morgan fingerprint density at radius 2 is 2.09 bits per heavy atom. The molecule has 1 amide bonds. The zero-order chi connectivity index (χ0) is 16.1. The van der Waals surface area contributed by atoms with Crippen LogP contribution in [0.15, 0.2) is 24.3 Å². The van der Waals surface area contributed by atoms with E-state index in [2.05, 4.69) is 25.9 Å². The van der Waals surface area contributed by atoms with E-state index in [9.17, 15) is 4.79 Å². The second-order valence-electron chi connectivity index (χ2n) is 5.63. The van der Waals surface area contributed by atoms with Gasteiger partial charge in [-0.15, -0.1) is 10.2 Å². The molecule has 1 saturated heterocycles. The van der Waals surface area contributed by atoms with E-state index in [1.165, 1.54) is 0 Å². The Morgan fingerprint density at radius 3 is 2.74 bits per heavy atom. The first kappa shape index (κ1) is 15.6. The molecule has 0 spiro atoms. The smallest absolute Gasteiger partial charge is 0.237 e. The zero-order valence-electron chi connectivity index (χ0n) is 12.7. The quantitative estimate of drug-likeness (QED) is 0.727. The molecule has 0 saturated carbocycles. The molecule has 1 fully saturated rings. The van der Waals surface area contributed by atoms with Crippen molar-refractivity contribution >= 4 is 5.91 Å². The lowest BCUT2D eigenvalue weighted by molar-refractivity contribution is -0.124. The molecule has 8 nitrogen and oxygen atoms in total. The van der Waals surface area contributed by atoms with Crippen LogP contribution in [-0.4, -0.2) is 45.8 Å². The maximum atomic E-state index is 12.2. The third kappa shape index (κ3) is 3.91. The van der Waals surface area contributed by atoms with Crippen LogP contribution in [0.1, 0.15) is 18.4 Å². The van der Waals surface area contributed by atoms with Crippen LogP contribution in [0.5, 0.6) is 0 Å². The lowest BCUT2D eigenvalue weighted by atomic mass is 9.92. The molecule has 1 aromatic heterocycles. The molecular weight excluding hydrogens is 296 g/mol. The van der Waals surface area contributed by atoms with Gasteiger partial charge in [0.05, 0.1) is 6.04 Å². The number of carbonyl (C=O) groups is 1. The van der Waals surface area contributed by atoms with Gasteiger partial charge in [0, 0.05) is 25.3 Å². The number of ether oxygens (including phenoxy) is 1. The Hall–Kier alpha value is -2.32.